The molecule has 0 aliphatic rings. The van der Waals surface area contributed by atoms with Gasteiger partial charge in [-0.1, -0.05) is 0 Å². The number of rotatable bonds is 5. The zero-order valence-electron chi connectivity index (χ0n) is 8.22. The highest BCUT2D eigenvalue weighted by atomic mass is 19.1. The second-order valence-electron chi connectivity index (χ2n) is 2.86. The molecule has 0 aliphatic carbocycles. The van der Waals surface area contributed by atoms with Crippen molar-refractivity contribution < 1.29 is 23.8 Å². The number of carboxylic acids is 1. The van der Waals surface area contributed by atoms with Gasteiger partial charge in [0.05, 0.1) is 0 Å². The van der Waals surface area contributed by atoms with Crippen LogP contribution in [0, 0.1) is 5.82 Å². The molecule has 0 spiro atoms. The van der Waals surface area contributed by atoms with Crippen LogP contribution in [0.25, 0.3) is 0 Å². The summed E-state index contributed by atoms with van der Waals surface area (Å²) in [5, 5.41) is 8.28. The molecule has 1 N–H and O–H groups in total. The maximum absolute atomic E-state index is 13.2. The predicted octanol–water partition coefficient (Wildman–Crippen LogP) is 1.66. The predicted molar refractivity (Wildman–Crippen MR) is 54.1 cm³/mol. The van der Waals surface area contributed by atoms with Crippen LogP contribution in [0.15, 0.2) is 30.4 Å². The lowest BCUT2D eigenvalue weighted by atomic mass is 10.2. The zero-order chi connectivity index (χ0) is 12.0. The van der Waals surface area contributed by atoms with Gasteiger partial charge in [-0.3, -0.25) is 4.79 Å². The van der Waals surface area contributed by atoms with Gasteiger partial charge in [-0.05, 0) is 24.3 Å². The number of halogens is 1. The molecule has 0 aromatic heterocycles. The van der Waals surface area contributed by atoms with Crippen LogP contribution in [0.5, 0.6) is 5.75 Å². The van der Waals surface area contributed by atoms with Crippen molar-refractivity contribution in [2.45, 2.75) is 0 Å². The van der Waals surface area contributed by atoms with Crippen LogP contribution in [0.2, 0.25) is 0 Å². The molecule has 0 saturated heterocycles. The minimum atomic E-state index is -1.10. The first-order valence-corrected chi connectivity index (χ1v) is 4.40. The fourth-order valence-electron chi connectivity index (χ4n) is 0.994. The Balaban J connectivity index is 2.61. The van der Waals surface area contributed by atoms with Gasteiger partial charge in [-0.2, -0.15) is 0 Å². The molecule has 84 valence electrons. The van der Waals surface area contributed by atoms with Crippen molar-refractivity contribution >= 4 is 12.3 Å². The van der Waals surface area contributed by atoms with Gasteiger partial charge in [0.15, 0.2) is 11.6 Å². The van der Waals surface area contributed by atoms with Crippen molar-refractivity contribution in [3.63, 3.8) is 0 Å². The average Bonchev–Trinajstić information content (AvgIpc) is 2.25. The molecule has 0 aliphatic heterocycles. The summed E-state index contributed by atoms with van der Waals surface area (Å²) in [6.07, 6.45) is 2.67. The fourth-order valence-corrected chi connectivity index (χ4v) is 0.994. The lowest BCUT2D eigenvalue weighted by Crippen LogP contribution is -1.98. The third kappa shape index (κ3) is 3.53. The third-order valence-electron chi connectivity index (χ3n) is 1.69. The lowest BCUT2D eigenvalue weighted by Gasteiger charge is -2.04. The third-order valence-corrected chi connectivity index (χ3v) is 1.69. The van der Waals surface area contributed by atoms with Gasteiger partial charge in [0.1, 0.15) is 12.9 Å². The SMILES string of the molecule is O=Cc1ccc(OC/C=C/C(=O)O)c(F)c1. The van der Waals surface area contributed by atoms with Crippen molar-refractivity contribution in [1.29, 1.82) is 0 Å². The Morgan fingerprint density at radius 3 is 2.81 bits per heavy atom. The summed E-state index contributed by atoms with van der Waals surface area (Å²) in [4.78, 5) is 20.4. The normalized spacial score (nSPS) is 10.3. The van der Waals surface area contributed by atoms with Crippen molar-refractivity contribution in [2.75, 3.05) is 6.61 Å². The number of carbonyl (C=O) groups excluding carboxylic acids is 1. The van der Waals surface area contributed by atoms with E-state index in [0.29, 0.717) is 6.29 Å². The van der Waals surface area contributed by atoms with Gasteiger partial charge in [-0.15, -0.1) is 0 Å². The first kappa shape index (κ1) is 11.9. The van der Waals surface area contributed by atoms with E-state index in [-0.39, 0.29) is 17.9 Å². The summed E-state index contributed by atoms with van der Waals surface area (Å²) < 4.78 is 18.1. The van der Waals surface area contributed by atoms with Crippen LogP contribution in [-0.2, 0) is 4.79 Å². The van der Waals surface area contributed by atoms with Gasteiger partial charge >= 0.3 is 5.97 Å². The van der Waals surface area contributed by atoms with E-state index in [9.17, 15) is 14.0 Å². The average molecular weight is 224 g/mol. The summed E-state index contributed by atoms with van der Waals surface area (Å²) >= 11 is 0. The van der Waals surface area contributed by atoms with Crippen LogP contribution in [0.4, 0.5) is 4.39 Å². The van der Waals surface area contributed by atoms with Crippen molar-refractivity contribution in [3.05, 3.63) is 41.7 Å². The van der Waals surface area contributed by atoms with Crippen molar-refractivity contribution in [3.8, 4) is 5.75 Å². The molecule has 0 atom stereocenters. The van der Waals surface area contributed by atoms with Crippen LogP contribution in [0.1, 0.15) is 10.4 Å². The monoisotopic (exact) mass is 224 g/mol. The highest BCUT2D eigenvalue weighted by Gasteiger charge is 2.03. The number of aliphatic carboxylic acids is 1. The second-order valence-corrected chi connectivity index (χ2v) is 2.86. The highest BCUT2D eigenvalue weighted by molar-refractivity contribution is 5.79. The standard InChI is InChI=1S/C11H9FO4/c12-9-6-8(7-13)3-4-10(9)16-5-1-2-11(14)15/h1-4,6-7H,5H2,(H,14,15)/b2-1+. The smallest absolute Gasteiger partial charge is 0.328 e. The van der Waals surface area contributed by atoms with E-state index in [0.717, 1.165) is 12.1 Å². The minimum Gasteiger partial charge on any atom is -0.486 e. The molecule has 0 radical (unpaired) electrons. The Morgan fingerprint density at radius 1 is 1.50 bits per heavy atom. The molecule has 4 nitrogen and oxygen atoms in total. The molecule has 0 heterocycles. The summed E-state index contributed by atoms with van der Waals surface area (Å²) in [7, 11) is 0. The number of hydrogen-bond donors (Lipinski definition) is 1. The number of carboxylic acid groups (broad SMARTS) is 1. The van der Waals surface area contributed by atoms with Crippen LogP contribution in [-0.4, -0.2) is 24.0 Å². The first-order valence-electron chi connectivity index (χ1n) is 4.40. The molecule has 0 bridgehead atoms. The molecular weight excluding hydrogens is 215 g/mol. The fraction of sp³-hybridized carbons (Fsp3) is 0.0909. The van der Waals surface area contributed by atoms with E-state index in [1.54, 1.807) is 0 Å². The largest absolute Gasteiger partial charge is 0.486 e. The molecule has 1 aromatic carbocycles. The Kier molecular flexibility index (Phi) is 4.20. The molecule has 0 unspecified atom stereocenters. The molecule has 0 fully saturated rings. The second kappa shape index (κ2) is 5.65. The summed E-state index contributed by atoms with van der Waals surface area (Å²) in [5.41, 5.74) is 0.214. The van der Waals surface area contributed by atoms with E-state index in [1.165, 1.54) is 18.2 Å². The summed E-state index contributed by atoms with van der Waals surface area (Å²) in [6, 6.07) is 3.77. The van der Waals surface area contributed by atoms with E-state index in [2.05, 4.69) is 0 Å². The van der Waals surface area contributed by atoms with E-state index in [4.69, 9.17) is 9.84 Å². The zero-order valence-corrected chi connectivity index (χ0v) is 8.22. The van der Waals surface area contributed by atoms with Crippen molar-refractivity contribution in [1.82, 2.24) is 0 Å². The van der Waals surface area contributed by atoms with Crippen LogP contribution >= 0.6 is 0 Å². The number of hydrogen-bond acceptors (Lipinski definition) is 3. The Morgan fingerprint density at radius 2 is 2.25 bits per heavy atom. The van der Waals surface area contributed by atoms with Gasteiger partial charge in [0.25, 0.3) is 0 Å². The molecule has 1 rings (SSSR count). The molecule has 5 heteroatoms. The van der Waals surface area contributed by atoms with E-state index in [1.807, 2.05) is 0 Å². The molecule has 16 heavy (non-hydrogen) atoms. The summed E-state index contributed by atoms with van der Waals surface area (Å²) in [5.74, 6) is -1.78. The van der Waals surface area contributed by atoms with Crippen LogP contribution in [0.3, 0.4) is 0 Å². The topological polar surface area (TPSA) is 63.6 Å². The van der Waals surface area contributed by atoms with Crippen LogP contribution < -0.4 is 4.74 Å². The van der Waals surface area contributed by atoms with E-state index >= 15 is 0 Å². The lowest BCUT2D eigenvalue weighted by molar-refractivity contribution is -0.131. The first-order chi connectivity index (χ1) is 7.63. The molecule has 0 saturated carbocycles. The maximum atomic E-state index is 13.2. The molecular formula is C11H9FO4. The van der Waals surface area contributed by atoms with Gasteiger partial charge in [-0.25, -0.2) is 9.18 Å². The van der Waals surface area contributed by atoms with Gasteiger partial charge in [0.2, 0.25) is 0 Å². The summed E-state index contributed by atoms with van der Waals surface area (Å²) in [6.45, 7) is -0.0519. The Labute approximate surface area is 91.0 Å². The van der Waals surface area contributed by atoms with Gasteiger partial charge in [0, 0.05) is 11.6 Å². The van der Waals surface area contributed by atoms with Crippen molar-refractivity contribution in [2.24, 2.45) is 0 Å². The Bertz CT molecular complexity index is 426. The van der Waals surface area contributed by atoms with Gasteiger partial charge < -0.3 is 9.84 Å². The van der Waals surface area contributed by atoms with E-state index < -0.39 is 11.8 Å². The number of ether oxygens (including phenoxy) is 1. The number of benzene rings is 1. The quantitative estimate of drug-likeness (QED) is 0.610. The number of carbonyl (C=O) groups is 2. The molecule has 0 amide bonds. The highest BCUT2D eigenvalue weighted by Crippen LogP contribution is 2.17. The maximum Gasteiger partial charge on any atom is 0.328 e. The Hall–Kier alpha value is -2.17. The minimum absolute atomic E-state index is 0.0272. The number of aldehydes is 1. The molecule has 1 aromatic rings.